The van der Waals surface area contributed by atoms with Crippen LogP contribution >= 0.6 is 0 Å². The lowest BCUT2D eigenvalue weighted by Crippen LogP contribution is -2.59. The Morgan fingerprint density at radius 1 is 1.40 bits per heavy atom. The molecule has 1 aromatic rings. The summed E-state index contributed by atoms with van der Waals surface area (Å²) in [6, 6.07) is 9.07. The van der Waals surface area contributed by atoms with Crippen molar-refractivity contribution in [3.63, 3.8) is 0 Å². The van der Waals surface area contributed by atoms with Gasteiger partial charge in [0.25, 0.3) is 0 Å². The molecular weight excluding hydrogens is 250 g/mol. The zero-order valence-electron chi connectivity index (χ0n) is 12.3. The van der Waals surface area contributed by atoms with Gasteiger partial charge in [-0.3, -0.25) is 9.69 Å². The summed E-state index contributed by atoms with van der Waals surface area (Å²) in [4.78, 5) is 17.0. The van der Waals surface area contributed by atoms with Gasteiger partial charge in [-0.2, -0.15) is 0 Å². The number of nitrogens with zero attached hydrogens (tertiary/aromatic N) is 2. The van der Waals surface area contributed by atoms with Crippen molar-refractivity contribution in [2.75, 3.05) is 31.1 Å². The van der Waals surface area contributed by atoms with Gasteiger partial charge in [0, 0.05) is 30.9 Å². The first-order chi connectivity index (χ1) is 9.70. The Morgan fingerprint density at radius 2 is 2.15 bits per heavy atom. The molecule has 3 rings (SSSR count). The SMILES string of the molecule is CCN(CC(=O)N1c2ccccc2CC1C)C1CNC1. The fraction of sp³-hybridized carbons (Fsp3) is 0.562. The molecule has 1 atom stereocenters. The summed E-state index contributed by atoms with van der Waals surface area (Å²) in [5.74, 6) is 0.233. The molecule has 1 fully saturated rings. The molecule has 0 bridgehead atoms. The van der Waals surface area contributed by atoms with Crippen LogP contribution in [-0.4, -0.2) is 49.1 Å². The van der Waals surface area contributed by atoms with Gasteiger partial charge >= 0.3 is 0 Å². The summed E-state index contributed by atoms with van der Waals surface area (Å²) >= 11 is 0. The number of fused-ring (bicyclic) bond motifs is 1. The lowest BCUT2D eigenvalue weighted by molar-refractivity contribution is -0.120. The van der Waals surface area contributed by atoms with Crippen LogP contribution in [0.3, 0.4) is 0 Å². The van der Waals surface area contributed by atoms with Gasteiger partial charge in [-0.05, 0) is 31.5 Å². The van der Waals surface area contributed by atoms with Crippen LogP contribution in [0.5, 0.6) is 0 Å². The van der Waals surface area contributed by atoms with Gasteiger partial charge in [-0.1, -0.05) is 25.1 Å². The number of hydrogen-bond donors (Lipinski definition) is 1. The molecule has 0 aromatic heterocycles. The van der Waals surface area contributed by atoms with Crippen LogP contribution in [0.15, 0.2) is 24.3 Å². The van der Waals surface area contributed by atoms with Crippen LogP contribution in [0.2, 0.25) is 0 Å². The van der Waals surface area contributed by atoms with Crippen LogP contribution in [0.1, 0.15) is 19.4 Å². The molecule has 1 saturated heterocycles. The zero-order chi connectivity index (χ0) is 14.1. The Bertz CT molecular complexity index is 498. The number of anilines is 1. The molecule has 0 aliphatic carbocycles. The monoisotopic (exact) mass is 273 g/mol. The number of nitrogens with one attached hydrogen (secondary N) is 1. The van der Waals surface area contributed by atoms with Crippen molar-refractivity contribution in [1.82, 2.24) is 10.2 Å². The smallest absolute Gasteiger partial charge is 0.241 e. The van der Waals surface area contributed by atoms with Crippen molar-refractivity contribution in [1.29, 1.82) is 0 Å². The van der Waals surface area contributed by atoms with Crippen molar-refractivity contribution in [3.8, 4) is 0 Å². The van der Waals surface area contributed by atoms with Crippen LogP contribution in [0.25, 0.3) is 0 Å². The van der Waals surface area contributed by atoms with E-state index in [2.05, 4.69) is 42.3 Å². The number of likely N-dealkylation sites (N-methyl/N-ethyl adjacent to an activating group) is 1. The molecule has 4 heteroatoms. The predicted octanol–water partition coefficient (Wildman–Crippen LogP) is 1.26. The quantitative estimate of drug-likeness (QED) is 0.897. The lowest BCUT2D eigenvalue weighted by Gasteiger charge is -2.38. The summed E-state index contributed by atoms with van der Waals surface area (Å²) in [6.07, 6.45) is 0.971. The number of para-hydroxylation sites is 1. The molecule has 4 nitrogen and oxygen atoms in total. The first kappa shape index (κ1) is 13.6. The van der Waals surface area contributed by atoms with E-state index in [0.29, 0.717) is 12.6 Å². The Labute approximate surface area is 120 Å². The highest BCUT2D eigenvalue weighted by Gasteiger charge is 2.33. The van der Waals surface area contributed by atoms with Gasteiger partial charge in [0.15, 0.2) is 0 Å². The van der Waals surface area contributed by atoms with Crippen molar-refractivity contribution >= 4 is 11.6 Å². The first-order valence-corrected chi connectivity index (χ1v) is 7.55. The van der Waals surface area contributed by atoms with E-state index in [9.17, 15) is 4.79 Å². The number of carbonyl (C=O) groups is 1. The zero-order valence-corrected chi connectivity index (χ0v) is 12.3. The van der Waals surface area contributed by atoms with Crippen molar-refractivity contribution in [3.05, 3.63) is 29.8 Å². The molecule has 20 heavy (non-hydrogen) atoms. The molecule has 2 aliphatic heterocycles. The van der Waals surface area contributed by atoms with Gasteiger partial charge in [-0.25, -0.2) is 0 Å². The number of carbonyl (C=O) groups excluding carboxylic acids is 1. The number of amides is 1. The van der Waals surface area contributed by atoms with E-state index < -0.39 is 0 Å². The fourth-order valence-corrected chi connectivity index (χ4v) is 3.23. The molecule has 0 radical (unpaired) electrons. The van der Waals surface area contributed by atoms with Gasteiger partial charge in [-0.15, -0.1) is 0 Å². The summed E-state index contributed by atoms with van der Waals surface area (Å²) in [7, 11) is 0. The van der Waals surface area contributed by atoms with Crippen LogP contribution in [-0.2, 0) is 11.2 Å². The molecule has 0 saturated carbocycles. The average molecular weight is 273 g/mol. The minimum atomic E-state index is 0.233. The summed E-state index contributed by atoms with van der Waals surface area (Å²) < 4.78 is 0. The van der Waals surface area contributed by atoms with Crippen molar-refractivity contribution in [2.24, 2.45) is 0 Å². The third-order valence-electron chi connectivity index (χ3n) is 4.50. The molecule has 2 aliphatic rings. The number of hydrogen-bond acceptors (Lipinski definition) is 3. The Hall–Kier alpha value is -1.39. The fourth-order valence-electron chi connectivity index (χ4n) is 3.23. The summed E-state index contributed by atoms with van der Waals surface area (Å²) in [5.41, 5.74) is 2.40. The van der Waals surface area contributed by atoms with E-state index in [0.717, 1.165) is 31.7 Å². The highest BCUT2D eigenvalue weighted by molar-refractivity contribution is 5.97. The maximum Gasteiger partial charge on any atom is 0.241 e. The summed E-state index contributed by atoms with van der Waals surface area (Å²) in [5, 5.41) is 3.28. The lowest BCUT2D eigenvalue weighted by atomic mass is 10.1. The molecule has 2 heterocycles. The molecular formula is C16H23N3O. The second-order valence-corrected chi connectivity index (χ2v) is 5.82. The van der Waals surface area contributed by atoms with Gasteiger partial charge < -0.3 is 10.2 Å². The van der Waals surface area contributed by atoms with Crippen LogP contribution in [0, 0.1) is 0 Å². The van der Waals surface area contributed by atoms with Gasteiger partial charge in [0.05, 0.1) is 6.54 Å². The molecule has 1 unspecified atom stereocenters. The standard InChI is InChI=1S/C16H23N3O/c1-3-18(14-9-17-10-14)11-16(20)19-12(2)8-13-6-4-5-7-15(13)19/h4-7,12,14,17H,3,8-11H2,1-2H3. The minimum absolute atomic E-state index is 0.233. The largest absolute Gasteiger partial charge is 0.314 e. The Kier molecular flexibility index (Phi) is 3.76. The second-order valence-electron chi connectivity index (χ2n) is 5.82. The molecule has 108 valence electrons. The Balaban J connectivity index is 1.73. The van der Waals surface area contributed by atoms with Crippen LogP contribution < -0.4 is 10.2 Å². The second kappa shape index (κ2) is 5.54. The van der Waals surface area contributed by atoms with Gasteiger partial charge in [0.1, 0.15) is 0 Å². The first-order valence-electron chi connectivity index (χ1n) is 7.55. The highest BCUT2D eigenvalue weighted by Crippen LogP contribution is 2.31. The third-order valence-corrected chi connectivity index (χ3v) is 4.50. The molecule has 1 aromatic carbocycles. The third kappa shape index (κ3) is 2.34. The van der Waals surface area contributed by atoms with E-state index >= 15 is 0 Å². The highest BCUT2D eigenvalue weighted by atomic mass is 16.2. The van der Waals surface area contributed by atoms with Crippen molar-refractivity contribution in [2.45, 2.75) is 32.4 Å². The maximum atomic E-state index is 12.7. The normalized spacial score (nSPS) is 21.9. The molecule has 1 amide bonds. The number of rotatable bonds is 4. The van der Waals surface area contributed by atoms with E-state index in [1.165, 1.54) is 5.56 Å². The van der Waals surface area contributed by atoms with Crippen molar-refractivity contribution < 1.29 is 4.79 Å². The number of benzene rings is 1. The van der Waals surface area contributed by atoms with E-state index in [-0.39, 0.29) is 11.9 Å². The maximum absolute atomic E-state index is 12.7. The minimum Gasteiger partial charge on any atom is -0.314 e. The molecule has 1 N–H and O–H groups in total. The van der Waals surface area contributed by atoms with E-state index in [1.807, 2.05) is 11.0 Å². The molecule has 0 spiro atoms. The average Bonchev–Trinajstić information content (AvgIpc) is 2.71. The predicted molar refractivity (Wildman–Crippen MR) is 81.0 cm³/mol. The van der Waals surface area contributed by atoms with Gasteiger partial charge in [0.2, 0.25) is 5.91 Å². The van der Waals surface area contributed by atoms with Crippen LogP contribution in [0.4, 0.5) is 5.69 Å². The topological polar surface area (TPSA) is 35.6 Å². The van der Waals surface area contributed by atoms with E-state index in [4.69, 9.17) is 0 Å². The van der Waals surface area contributed by atoms with E-state index in [1.54, 1.807) is 0 Å². The summed E-state index contributed by atoms with van der Waals surface area (Å²) in [6.45, 7) is 7.75. The Morgan fingerprint density at radius 3 is 2.80 bits per heavy atom.